The topological polar surface area (TPSA) is 16.8 Å². The highest BCUT2D eigenvalue weighted by Gasteiger charge is 2.24. The van der Waals surface area contributed by atoms with Crippen molar-refractivity contribution in [3.05, 3.63) is 21.9 Å². The molecular formula is C10H10ClN2S+. The minimum absolute atomic E-state index is 0.828. The molecule has 0 N–H and O–H groups in total. The van der Waals surface area contributed by atoms with Crippen LogP contribution in [0.25, 0.3) is 10.2 Å². The average molecular weight is 226 g/mol. The summed E-state index contributed by atoms with van der Waals surface area (Å²) in [5.41, 5.74) is 1.44. The Balaban J connectivity index is 2.46. The molecule has 0 saturated heterocycles. The molecule has 2 heterocycles. The van der Waals surface area contributed by atoms with E-state index < -0.39 is 0 Å². The number of halogens is 1. The predicted molar refractivity (Wildman–Crippen MR) is 57.8 cm³/mol. The van der Waals surface area contributed by atoms with E-state index in [4.69, 9.17) is 11.6 Å². The van der Waals surface area contributed by atoms with Crippen LogP contribution in [-0.4, -0.2) is 4.98 Å². The number of fused-ring (bicyclic) bond motifs is 3. The molecule has 0 spiro atoms. The lowest BCUT2D eigenvalue weighted by Gasteiger charge is -1.95. The van der Waals surface area contributed by atoms with Crippen LogP contribution < -0.4 is 4.57 Å². The van der Waals surface area contributed by atoms with Crippen LogP contribution in [-0.2, 0) is 19.9 Å². The highest BCUT2D eigenvalue weighted by molar-refractivity contribution is 7.19. The van der Waals surface area contributed by atoms with Crippen LogP contribution in [0.2, 0.25) is 5.15 Å². The van der Waals surface area contributed by atoms with Crippen LogP contribution in [0.15, 0.2) is 6.33 Å². The van der Waals surface area contributed by atoms with Crippen molar-refractivity contribution in [2.45, 2.75) is 19.3 Å². The third kappa shape index (κ3) is 1.03. The fourth-order valence-electron chi connectivity index (χ4n) is 2.06. The Hall–Kier alpha value is -0.670. The molecule has 72 valence electrons. The van der Waals surface area contributed by atoms with Crippen LogP contribution in [0, 0.1) is 0 Å². The number of aromatic nitrogens is 2. The maximum atomic E-state index is 6.28. The first-order valence-electron chi connectivity index (χ1n) is 4.72. The van der Waals surface area contributed by atoms with Gasteiger partial charge >= 0.3 is 0 Å². The second kappa shape index (κ2) is 2.91. The second-order valence-electron chi connectivity index (χ2n) is 3.68. The summed E-state index contributed by atoms with van der Waals surface area (Å²) in [6.45, 7) is 0. The summed E-state index contributed by atoms with van der Waals surface area (Å²) in [5, 5.41) is 2.02. The first kappa shape index (κ1) is 8.62. The van der Waals surface area contributed by atoms with Crippen LogP contribution >= 0.6 is 22.9 Å². The monoisotopic (exact) mass is 225 g/mol. The van der Waals surface area contributed by atoms with E-state index in [2.05, 4.69) is 4.98 Å². The van der Waals surface area contributed by atoms with Gasteiger partial charge in [-0.25, -0.2) is 4.57 Å². The maximum absolute atomic E-state index is 6.28. The van der Waals surface area contributed by atoms with Gasteiger partial charge in [-0.2, -0.15) is 0 Å². The summed E-state index contributed by atoms with van der Waals surface area (Å²) < 4.78 is 1.88. The summed E-state index contributed by atoms with van der Waals surface area (Å²) in [5.74, 6) is 0. The molecule has 0 radical (unpaired) electrons. The highest BCUT2D eigenvalue weighted by atomic mass is 35.5. The SMILES string of the molecule is C[n+]1cnc2sc3c(c2c1Cl)CCC3. The number of thiophene rings is 1. The Kier molecular flexibility index (Phi) is 1.79. The van der Waals surface area contributed by atoms with Crippen molar-refractivity contribution in [1.29, 1.82) is 0 Å². The summed E-state index contributed by atoms with van der Waals surface area (Å²) in [6.07, 6.45) is 5.43. The van der Waals surface area contributed by atoms with Crippen molar-refractivity contribution in [3.8, 4) is 0 Å². The van der Waals surface area contributed by atoms with E-state index in [0.717, 1.165) is 9.98 Å². The van der Waals surface area contributed by atoms with Crippen molar-refractivity contribution in [1.82, 2.24) is 4.98 Å². The Morgan fingerprint density at radius 2 is 2.36 bits per heavy atom. The molecule has 0 atom stereocenters. The number of rotatable bonds is 0. The lowest BCUT2D eigenvalue weighted by molar-refractivity contribution is -0.670. The fourth-order valence-corrected chi connectivity index (χ4v) is 3.59. The van der Waals surface area contributed by atoms with E-state index in [1.165, 1.54) is 35.1 Å². The summed E-state index contributed by atoms with van der Waals surface area (Å²) in [6, 6.07) is 0. The van der Waals surface area contributed by atoms with E-state index in [0.29, 0.717) is 0 Å². The lowest BCUT2D eigenvalue weighted by atomic mass is 10.2. The van der Waals surface area contributed by atoms with Crippen molar-refractivity contribution in [2.75, 3.05) is 0 Å². The predicted octanol–water partition coefficient (Wildman–Crippen LogP) is 2.26. The van der Waals surface area contributed by atoms with Crippen molar-refractivity contribution in [3.63, 3.8) is 0 Å². The smallest absolute Gasteiger partial charge is 0.222 e. The first-order chi connectivity index (χ1) is 6.77. The van der Waals surface area contributed by atoms with E-state index in [9.17, 15) is 0 Å². The number of aryl methyl sites for hydroxylation is 3. The average Bonchev–Trinajstić information content (AvgIpc) is 2.70. The fraction of sp³-hybridized carbons (Fsp3) is 0.400. The van der Waals surface area contributed by atoms with Gasteiger partial charge in [0, 0.05) is 4.88 Å². The van der Waals surface area contributed by atoms with Gasteiger partial charge in [-0.15, -0.1) is 0 Å². The number of nitrogens with zero attached hydrogens (tertiary/aromatic N) is 2. The van der Waals surface area contributed by atoms with E-state index >= 15 is 0 Å². The van der Waals surface area contributed by atoms with Crippen LogP contribution in [0.4, 0.5) is 0 Å². The molecule has 1 aliphatic carbocycles. The van der Waals surface area contributed by atoms with E-state index in [-0.39, 0.29) is 0 Å². The molecule has 2 aromatic rings. The van der Waals surface area contributed by atoms with Gasteiger partial charge in [-0.3, -0.25) is 0 Å². The van der Waals surface area contributed by atoms with Crippen LogP contribution in [0.1, 0.15) is 16.9 Å². The molecule has 4 heteroatoms. The first-order valence-corrected chi connectivity index (χ1v) is 5.91. The zero-order valence-electron chi connectivity index (χ0n) is 7.88. The molecule has 1 aliphatic rings. The molecule has 0 aromatic carbocycles. The molecule has 0 bridgehead atoms. The molecule has 0 unspecified atom stereocenters. The van der Waals surface area contributed by atoms with Gasteiger partial charge in [0.1, 0.15) is 0 Å². The van der Waals surface area contributed by atoms with Crippen molar-refractivity contribution in [2.24, 2.45) is 7.05 Å². The van der Waals surface area contributed by atoms with Gasteiger partial charge in [0.15, 0.2) is 0 Å². The molecule has 0 fully saturated rings. The minimum Gasteiger partial charge on any atom is -0.222 e. The van der Waals surface area contributed by atoms with Gasteiger partial charge < -0.3 is 0 Å². The van der Waals surface area contributed by atoms with Crippen molar-refractivity contribution >= 4 is 33.2 Å². The number of hydrogen-bond acceptors (Lipinski definition) is 2. The van der Waals surface area contributed by atoms with Gasteiger partial charge in [0.05, 0.1) is 12.4 Å². The number of hydrogen-bond donors (Lipinski definition) is 0. The zero-order chi connectivity index (χ0) is 9.71. The van der Waals surface area contributed by atoms with Crippen LogP contribution in [0.3, 0.4) is 0 Å². The second-order valence-corrected chi connectivity index (χ2v) is 5.13. The molecule has 14 heavy (non-hydrogen) atoms. The molecule has 2 aromatic heterocycles. The Morgan fingerprint density at radius 1 is 1.50 bits per heavy atom. The van der Waals surface area contributed by atoms with Gasteiger partial charge in [-0.05, 0) is 41.4 Å². The van der Waals surface area contributed by atoms with Gasteiger partial charge in [-0.1, -0.05) is 11.3 Å². The molecule has 3 rings (SSSR count). The normalized spacial score (nSPS) is 15.0. The third-order valence-electron chi connectivity index (χ3n) is 2.77. The molecule has 0 saturated carbocycles. The summed E-state index contributed by atoms with van der Waals surface area (Å²) in [7, 11) is 1.94. The summed E-state index contributed by atoms with van der Waals surface area (Å²) in [4.78, 5) is 6.98. The lowest BCUT2D eigenvalue weighted by Crippen LogP contribution is -2.29. The molecule has 0 amide bonds. The highest BCUT2D eigenvalue weighted by Crippen LogP contribution is 2.38. The van der Waals surface area contributed by atoms with Gasteiger partial charge in [0.25, 0.3) is 6.33 Å². The largest absolute Gasteiger partial charge is 0.288 e. The molecule has 0 aliphatic heterocycles. The van der Waals surface area contributed by atoms with Crippen LogP contribution in [0.5, 0.6) is 0 Å². The minimum atomic E-state index is 0.828. The Bertz CT molecular complexity index is 518. The summed E-state index contributed by atoms with van der Waals surface area (Å²) >= 11 is 8.08. The van der Waals surface area contributed by atoms with E-state index in [1.807, 2.05) is 11.6 Å². The molecular weight excluding hydrogens is 216 g/mol. The molecule has 2 nitrogen and oxygen atoms in total. The Morgan fingerprint density at radius 3 is 3.21 bits per heavy atom. The quantitative estimate of drug-likeness (QED) is 0.497. The van der Waals surface area contributed by atoms with Crippen molar-refractivity contribution < 1.29 is 4.57 Å². The van der Waals surface area contributed by atoms with E-state index in [1.54, 1.807) is 17.7 Å². The van der Waals surface area contributed by atoms with Gasteiger partial charge in [0.2, 0.25) is 9.98 Å². The zero-order valence-corrected chi connectivity index (χ0v) is 9.45. The maximum Gasteiger partial charge on any atom is 0.288 e. The Labute approximate surface area is 91.2 Å². The standard InChI is InChI=1S/C10H10ClN2S/c1-13-5-12-10-8(9(13)11)6-3-2-4-7(6)14-10/h5H,2-4H2,1H3/q+1. The third-order valence-corrected chi connectivity index (χ3v) is 4.42.